The molecule has 0 atom stereocenters. The fourth-order valence-electron chi connectivity index (χ4n) is 1.82. The highest BCUT2D eigenvalue weighted by molar-refractivity contribution is 5.89. The number of amides is 1. The lowest BCUT2D eigenvalue weighted by molar-refractivity contribution is -0.123. The minimum atomic E-state index is -0.662. The van der Waals surface area contributed by atoms with Gasteiger partial charge in [-0.1, -0.05) is 6.07 Å². The van der Waals surface area contributed by atoms with E-state index in [9.17, 15) is 9.59 Å². The number of hydrogen-bond acceptors (Lipinski definition) is 4. The van der Waals surface area contributed by atoms with Gasteiger partial charge in [0.05, 0.1) is 11.1 Å². The van der Waals surface area contributed by atoms with Crippen LogP contribution >= 0.6 is 0 Å². The van der Waals surface area contributed by atoms with Gasteiger partial charge in [-0.15, -0.1) is 0 Å². The predicted octanol–water partition coefficient (Wildman–Crippen LogP) is 0.229. The summed E-state index contributed by atoms with van der Waals surface area (Å²) in [6, 6.07) is 5.30. The maximum absolute atomic E-state index is 11.7. The number of H-pyrrole nitrogens is 1. The number of hydrogen-bond donors (Lipinski definition) is 3. The van der Waals surface area contributed by atoms with E-state index >= 15 is 0 Å². The lowest BCUT2D eigenvalue weighted by atomic mass is 10.2. The highest BCUT2D eigenvalue weighted by Crippen LogP contribution is 2.32. The maximum atomic E-state index is 11.7. The number of nitrogens with two attached hydrogens (primary N) is 1. The fourth-order valence-corrected chi connectivity index (χ4v) is 1.82. The topological polar surface area (TPSA) is 101 Å². The second kappa shape index (κ2) is 3.71. The monoisotopic (exact) mass is 247 g/mol. The van der Waals surface area contributed by atoms with E-state index in [1.54, 1.807) is 12.1 Å². The van der Waals surface area contributed by atoms with Crippen LogP contribution in [-0.2, 0) is 11.3 Å². The van der Waals surface area contributed by atoms with Gasteiger partial charge in [0, 0.05) is 6.54 Å². The van der Waals surface area contributed by atoms with Gasteiger partial charge in [-0.25, -0.2) is 4.79 Å². The Labute approximate surface area is 102 Å². The summed E-state index contributed by atoms with van der Waals surface area (Å²) < 4.78 is 4.95. The minimum absolute atomic E-state index is 0.127. The van der Waals surface area contributed by atoms with Crippen LogP contribution in [0.4, 0.5) is 0 Å². The first-order chi connectivity index (χ1) is 8.57. The number of aromatic amines is 1. The standard InChI is InChI=1S/C12H13N3O3/c13-12(3-4-12)10(16)14-6-7-1-2-8-9(5-7)18-11(17)15-8/h1-2,5H,3-4,6,13H2,(H,14,16)(H,15,17). The zero-order valence-corrected chi connectivity index (χ0v) is 9.66. The Morgan fingerprint density at radius 3 is 3.00 bits per heavy atom. The summed E-state index contributed by atoms with van der Waals surface area (Å²) in [6.07, 6.45) is 1.48. The maximum Gasteiger partial charge on any atom is 0.417 e. The highest BCUT2D eigenvalue weighted by atomic mass is 16.4. The molecule has 1 aliphatic carbocycles. The molecule has 0 saturated heterocycles. The van der Waals surface area contributed by atoms with Gasteiger partial charge in [0.15, 0.2) is 5.58 Å². The van der Waals surface area contributed by atoms with Crippen molar-refractivity contribution >= 4 is 17.0 Å². The predicted molar refractivity (Wildman–Crippen MR) is 64.8 cm³/mol. The second-order valence-corrected chi connectivity index (χ2v) is 4.68. The van der Waals surface area contributed by atoms with Crippen LogP contribution in [0, 0.1) is 0 Å². The van der Waals surface area contributed by atoms with Gasteiger partial charge >= 0.3 is 5.76 Å². The summed E-state index contributed by atoms with van der Waals surface area (Å²) >= 11 is 0. The molecule has 1 aromatic heterocycles. The van der Waals surface area contributed by atoms with Crippen LogP contribution < -0.4 is 16.8 Å². The quantitative estimate of drug-likeness (QED) is 0.722. The van der Waals surface area contributed by atoms with Crippen molar-refractivity contribution in [2.24, 2.45) is 5.73 Å². The molecular formula is C12H13N3O3. The van der Waals surface area contributed by atoms with Crippen LogP contribution in [-0.4, -0.2) is 16.4 Å². The lowest BCUT2D eigenvalue weighted by Crippen LogP contribution is -2.42. The molecular weight excluding hydrogens is 234 g/mol. The van der Waals surface area contributed by atoms with Gasteiger partial charge in [-0.3, -0.25) is 9.78 Å². The van der Waals surface area contributed by atoms with Gasteiger partial charge in [0.1, 0.15) is 0 Å². The Morgan fingerprint density at radius 1 is 1.50 bits per heavy atom. The smallest absolute Gasteiger partial charge is 0.408 e. The van der Waals surface area contributed by atoms with Crippen molar-refractivity contribution in [3.05, 3.63) is 34.3 Å². The Bertz CT molecular complexity index is 667. The first-order valence-corrected chi connectivity index (χ1v) is 5.76. The van der Waals surface area contributed by atoms with Crippen molar-refractivity contribution in [3.63, 3.8) is 0 Å². The molecule has 1 fully saturated rings. The third-order valence-corrected chi connectivity index (χ3v) is 3.18. The van der Waals surface area contributed by atoms with Crippen LogP contribution in [0.15, 0.2) is 27.4 Å². The number of fused-ring (bicyclic) bond motifs is 1. The molecule has 6 nitrogen and oxygen atoms in total. The van der Waals surface area contributed by atoms with Gasteiger partial charge in [0.25, 0.3) is 0 Å². The van der Waals surface area contributed by atoms with Crippen molar-refractivity contribution in [1.29, 1.82) is 0 Å². The molecule has 6 heteroatoms. The zero-order valence-electron chi connectivity index (χ0n) is 9.66. The number of nitrogens with one attached hydrogen (secondary N) is 2. The molecule has 3 rings (SSSR count). The van der Waals surface area contributed by atoms with Crippen LogP contribution in [0.3, 0.4) is 0 Å². The van der Waals surface area contributed by atoms with Crippen LogP contribution in [0.5, 0.6) is 0 Å². The molecule has 0 radical (unpaired) electrons. The third kappa shape index (κ3) is 1.91. The average Bonchev–Trinajstić information content (AvgIpc) is 2.98. The van der Waals surface area contributed by atoms with Crippen molar-refractivity contribution < 1.29 is 9.21 Å². The molecule has 4 N–H and O–H groups in total. The Balaban J connectivity index is 1.74. The van der Waals surface area contributed by atoms with Crippen LogP contribution in [0.2, 0.25) is 0 Å². The SMILES string of the molecule is NC1(C(=O)NCc2ccc3[nH]c(=O)oc3c2)CC1. The molecule has 2 aromatic rings. The molecule has 0 aliphatic heterocycles. The molecule has 1 aromatic carbocycles. The molecule has 0 unspecified atom stereocenters. The molecule has 1 saturated carbocycles. The summed E-state index contributed by atoms with van der Waals surface area (Å²) in [4.78, 5) is 25.2. The van der Waals surface area contributed by atoms with Crippen LogP contribution in [0.25, 0.3) is 11.1 Å². The van der Waals surface area contributed by atoms with E-state index in [-0.39, 0.29) is 5.91 Å². The summed E-state index contributed by atoms with van der Waals surface area (Å²) in [6.45, 7) is 0.378. The van der Waals surface area contributed by atoms with E-state index in [4.69, 9.17) is 10.2 Å². The molecule has 0 bridgehead atoms. The number of carbonyl (C=O) groups excluding carboxylic acids is 1. The van der Waals surface area contributed by atoms with E-state index in [0.717, 1.165) is 18.4 Å². The van der Waals surface area contributed by atoms with Gasteiger partial charge in [0.2, 0.25) is 5.91 Å². The fraction of sp³-hybridized carbons (Fsp3) is 0.333. The molecule has 0 spiro atoms. The molecule has 94 valence electrons. The van der Waals surface area contributed by atoms with Gasteiger partial charge in [-0.05, 0) is 30.5 Å². The van der Waals surface area contributed by atoms with Gasteiger partial charge in [-0.2, -0.15) is 0 Å². The van der Waals surface area contributed by atoms with E-state index in [1.807, 2.05) is 6.07 Å². The second-order valence-electron chi connectivity index (χ2n) is 4.68. The Hall–Kier alpha value is -2.08. The van der Waals surface area contributed by atoms with Crippen molar-refractivity contribution in [3.8, 4) is 0 Å². The number of oxazole rings is 1. The van der Waals surface area contributed by atoms with E-state index in [0.29, 0.717) is 17.6 Å². The van der Waals surface area contributed by atoms with Crippen molar-refractivity contribution in [2.45, 2.75) is 24.9 Å². The first-order valence-electron chi connectivity index (χ1n) is 5.76. The summed E-state index contributed by atoms with van der Waals surface area (Å²) in [5, 5.41) is 2.78. The Kier molecular flexibility index (Phi) is 2.27. The van der Waals surface area contributed by atoms with E-state index in [1.165, 1.54) is 0 Å². The van der Waals surface area contributed by atoms with Gasteiger partial charge < -0.3 is 15.5 Å². The number of carbonyl (C=O) groups is 1. The largest absolute Gasteiger partial charge is 0.417 e. The van der Waals surface area contributed by atoms with E-state index < -0.39 is 11.3 Å². The molecule has 18 heavy (non-hydrogen) atoms. The zero-order chi connectivity index (χ0) is 12.8. The van der Waals surface area contributed by atoms with E-state index in [2.05, 4.69) is 10.3 Å². The van der Waals surface area contributed by atoms with Crippen LogP contribution in [0.1, 0.15) is 18.4 Å². The minimum Gasteiger partial charge on any atom is -0.408 e. The number of benzene rings is 1. The van der Waals surface area contributed by atoms with Crippen molar-refractivity contribution in [1.82, 2.24) is 10.3 Å². The molecule has 1 amide bonds. The Morgan fingerprint density at radius 2 is 2.28 bits per heavy atom. The van der Waals surface area contributed by atoms with Crippen molar-refractivity contribution in [2.75, 3.05) is 0 Å². The highest BCUT2D eigenvalue weighted by Gasteiger charge is 2.45. The lowest BCUT2D eigenvalue weighted by Gasteiger charge is -2.09. The average molecular weight is 247 g/mol. The molecule has 1 heterocycles. The third-order valence-electron chi connectivity index (χ3n) is 3.18. The molecule has 1 aliphatic rings. The number of aromatic nitrogens is 1. The normalized spacial score (nSPS) is 16.7. The summed E-state index contributed by atoms with van der Waals surface area (Å²) in [5.41, 5.74) is 7.11. The summed E-state index contributed by atoms with van der Waals surface area (Å²) in [7, 11) is 0. The first kappa shape index (κ1) is 11.0. The number of rotatable bonds is 3. The summed E-state index contributed by atoms with van der Waals surface area (Å²) in [5.74, 6) is -0.608.